The van der Waals surface area contributed by atoms with Crippen molar-refractivity contribution in [3.05, 3.63) is 70.8 Å². The minimum Gasteiger partial charge on any atom is -0.391 e. The molecule has 20 heavy (non-hydrogen) atoms. The molecular weight excluding hydrogens is 248 g/mol. The zero-order chi connectivity index (χ0) is 14.4. The van der Waals surface area contributed by atoms with Crippen molar-refractivity contribution in [1.29, 1.82) is 5.26 Å². The lowest BCUT2D eigenvalue weighted by Gasteiger charge is -2.04. The molecule has 0 saturated heterocycles. The van der Waals surface area contributed by atoms with E-state index in [1.54, 1.807) is 0 Å². The maximum Gasteiger partial charge on any atom is 0.142 e. The molecule has 0 radical (unpaired) electrons. The monoisotopic (exact) mass is 264 g/mol. The molecule has 0 atom stereocenters. The third-order valence-corrected chi connectivity index (χ3v) is 3.05. The fourth-order valence-corrected chi connectivity index (χ4v) is 1.80. The first-order chi connectivity index (χ1) is 9.70. The zero-order valence-corrected chi connectivity index (χ0v) is 11.6. The normalized spacial score (nSPS) is 10.9. The number of rotatable bonds is 4. The molecule has 0 aliphatic heterocycles. The predicted molar refractivity (Wildman–Crippen MR) is 79.3 cm³/mol. The summed E-state index contributed by atoms with van der Waals surface area (Å²) in [6.45, 7) is 4.23. The van der Waals surface area contributed by atoms with Crippen molar-refractivity contribution in [3.8, 4) is 6.07 Å². The molecule has 2 rings (SSSR count). The van der Waals surface area contributed by atoms with Gasteiger partial charge in [0, 0.05) is 5.56 Å². The zero-order valence-electron chi connectivity index (χ0n) is 11.6. The van der Waals surface area contributed by atoms with Gasteiger partial charge in [0.2, 0.25) is 0 Å². The van der Waals surface area contributed by atoms with E-state index in [1.807, 2.05) is 62.4 Å². The van der Waals surface area contributed by atoms with Crippen LogP contribution in [0.1, 0.15) is 29.2 Å². The number of oxime groups is 1. The summed E-state index contributed by atoms with van der Waals surface area (Å²) in [6.07, 6.45) is 0. The minimum absolute atomic E-state index is 0.440. The molecule has 2 aromatic rings. The first-order valence-electron chi connectivity index (χ1n) is 6.42. The van der Waals surface area contributed by atoms with Gasteiger partial charge in [0.05, 0.1) is 17.3 Å². The maximum absolute atomic E-state index is 9.03. The Hall–Kier alpha value is -2.60. The Morgan fingerprint density at radius 1 is 1.20 bits per heavy atom. The quantitative estimate of drug-likeness (QED) is 0.622. The van der Waals surface area contributed by atoms with E-state index in [4.69, 9.17) is 10.1 Å². The van der Waals surface area contributed by atoms with Crippen LogP contribution >= 0.6 is 0 Å². The van der Waals surface area contributed by atoms with Gasteiger partial charge in [-0.3, -0.25) is 0 Å². The van der Waals surface area contributed by atoms with E-state index in [-0.39, 0.29) is 0 Å². The van der Waals surface area contributed by atoms with Crippen LogP contribution in [0.2, 0.25) is 0 Å². The van der Waals surface area contributed by atoms with Gasteiger partial charge in [-0.15, -0.1) is 0 Å². The van der Waals surface area contributed by atoms with Crippen LogP contribution in [0.3, 0.4) is 0 Å². The van der Waals surface area contributed by atoms with E-state index in [1.165, 1.54) is 0 Å². The molecule has 0 aliphatic carbocycles. The molecule has 0 unspecified atom stereocenters. The minimum atomic E-state index is 0.440. The summed E-state index contributed by atoms with van der Waals surface area (Å²) in [5.41, 5.74) is 4.37. The van der Waals surface area contributed by atoms with Gasteiger partial charge in [-0.1, -0.05) is 47.6 Å². The Kier molecular flexibility index (Phi) is 4.52. The van der Waals surface area contributed by atoms with Crippen molar-refractivity contribution in [2.75, 3.05) is 0 Å². The van der Waals surface area contributed by atoms with Crippen molar-refractivity contribution >= 4 is 5.71 Å². The average molecular weight is 264 g/mol. The number of nitrogens with zero attached hydrogens (tertiary/aromatic N) is 2. The van der Waals surface area contributed by atoms with E-state index in [0.717, 1.165) is 22.4 Å². The highest BCUT2D eigenvalue weighted by Gasteiger charge is 2.03. The molecule has 0 spiro atoms. The van der Waals surface area contributed by atoms with Crippen LogP contribution in [0.4, 0.5) is 0 Å². The predicted octanol–water partition coefficient (Wildman–Crippen LogP) is 3.81. The first kappa shape index (κ1) is 13.8. The van der Waals surface area contributed by atoms with Gasteiger partial charge >= 0.3 is 0 Å². The van der Waals surface area contributed by atoms with Gasteiger partial charge in [0.1, 0.15) is 6.61 Å². The molecule has 0 saturated carbocycles. The third-order valence-electron chi connectivity index (χ3n) is 3.05. The summed E-state index contributed by atoms with van der Waals surface area (Å²) < 4.78 is 0. The van der Waals surface area contributed by atoms with E-state index < -0.39 is 0 Å². The van der Waals surface area contributed by atoms with Crippen molar-refractivity contribution in [2.24, 2.45) is 5.16 Å². The Labute approximate surface area is 119 Å². The molecule has 3 nitrogen and oxygen atoms in total. The number of aryl methyl sites for hydroxylation is 1. The Morgan fingerprint density at radius 2 is 1.95 bits per heavy atom. The lowest BCUT2D eigenvalue weighted by atomic mass is 10.0. The molecular formula is C17H16N2O. The van der Waals surface area contributed by atoms with Gasteiger partial charge in [0.25, 0.3) is 0 Å². The van der Waals surface area contributed by atoms with Crippen LogP contribution in [-0.2, 0) is 11.4 Å². The smallest absolute Gasteiger partial charge is 0.142 e. The summed E-state index contributed by atoms with van der Waals surface area (Å²) in [5.74, 6) is 0. The highest BCUT2D eigenvalue weighted by molar-refractivity contribution is 5.98. The lowest BCUT2D eigenvalue weighted by Crippen LogP contribution is -1.98. The number of hydrogen-bond donors (Lipinski definition) is 0. The summed E-state index contributed by atoms with van der Waals surface area (Å²) in [4.78, 5) is 5.34. The van der Waals surface area contributed by atoms with Crippen molar-refractivity contribution < 1.29 is 4.84 Å². The van der Waals surface area contributed by atoms with Crippen molar-refractivity contribution in [2.45, 2.75) is 20.5 Å². The van der Waals surface area contributed by atoms with Crippen LogP contribution in [0, 0.1) is 18.3 Å². The molecule has 0 bridgehead atoms. The largest absolute Gasteiger partial charge is 0.391 e. The molecule has 0 aliphatic rings. The van der Waals surface area contributed by atoms with Crippen LogP contribution in [0.25, 0.3) is 0 Å². The molecule has 0 fully saturated rings. The molecule has 2 aromatic carbocycles. The SMILES string of the molecule is C/C(=N\OCc1ccccc1)c1ccc(C)c(C#N)c1. The fraction of sp³-hybridized carbons (Fsp3) is 0.176. The molecule has 3 heteroatoms. The Morgan fingerprint density at radius 3 is 2.65 bits per heavy atom. The molecule has 100 valence electrons. The Balaban J connectivity index is 2.06. The van der Waals surface area contributed by atoms with E-state index >= 15 is 0 Å². The summed E-state index contributed by atoms with van der Waals surface area (Å²) in [7, 11) is 0. The lowest BCUT2D eigenvalue weighted by molar-refractivity contribution is 0.130. The van der Waals surface area contributed by atoms with Gasteiger partial charge < -0.3 is 4.84 Å². The molecule has 0 N–H and O–H groups in total. The number of nitriles is 1. The van der Waals surface area contributed by atoms with Crippen molar-refractivity contribution in [3.63, 3.8) is 0 Å². The molecule has 0 aromatic heterocycles. The van der Waals surface area contributed by atoms with Crippen molar-refractivity contribution in [1.82, 2.24) is 0 Å². The highest BCUT2D eigenvalue weighted by Crippen LogP contribution is 2.11. The van der Waals surface area contributed by atoms with Crippen LogP contribution in [-0.4, -0.2) is 5.71 Å². The third kappa shape index (κ3) is 3.46. The second-order valence-electron chi connectivity index (χ2n) is 4.58. The van der Waals surface area contributed by atoms with E-state index in [0.29, 0.717) is 12.2 Å². The molecule has 0 amide bonds. The standard InChI is InChI=1S/C17H16N2O/c1-13-8-9-16(10-17(13)11-18)14(2)19-20-12-15-6-4-3-5-7-15/h3-10H,12H2,1-2H3/b19-14+. The Bertz CT molecular complexity index is 654. The number of hydrogen-bond acceptors (Lipinski definition) is 3. The highest BCUT2D eigenvalue weighted by atomic mass is 16.6. The fourth-order valence-electron chi connectivity index (χ4n) is 1.80. The second kappa shape index (κ2) is 6.53. The van der Waals surface area contributed by atoms with E-state index in [2.05, 4.69) is 11.2 Å². The summed E-state index contributed by atoms with van der Waals surface area (Å²) in [5, 5.41) is 13.1. The van der Waals surface area contributed by atoms with Crippen LogP contribution in [0.5, 0.6) is 0 Å². The van der Waals surface area contributed by atoms with Crippen LogP contribution < -0.4 is 0 Å². The summed E-state index contributed by atoms with van der Waals surface area (Å²) in [6, 6.07) is 17.8. The second-order valence-corrected chi connectivity index (χ2v) is 4.58. The summed E-state index contributed by atoms with van der Waals surface area (Å²) >= 11 is 0. The topological polar surface area (TPSA) is 45.4 Å². The van der Waals surface area contributed by atoms with Crippen LogP contribution in [0.15, 0.2) is 53.7 Å². The average Bonchev–Trinajstić information content (AvgIpc) is 2.48. The molecule has 0 heterocycles. The van der Waals surface area contributed by atoms with Gasteiger partial charge in [0.15, 0.2) is 0 Å². The van der Waals surface area contributed by atoms with E-state index in [9.17, 15) is 0 Å². The van der Waals surface area contributed by atoms with Gasteiger partial charge in [-0.05, 0) is 31.0 Å². The van der Waals surface area contributed by atoms with Gasteiger partial charge in [-0.2, -0.15) is 5.26 Å². The maximum atomic E-state index is 9.03. The first-order valence-corrected chi connectivity index (χ1v) is 6.42. The van der Waals surface area contributed by atoms with Gasteiger partial charge in [-0.25, -0.2) is 0 Å². The number of benzene rings is 2.